The number of carbonyl (C=O) groups excluding carboxylic acids is 2. The number of nitrogens with one attached hydrogen (secondary N) is 1. The molecule has 26 heavy (non-hydrogen) atoms. The highest BCUT2D eigenvalue weighted by atomic mass is 16.5. The second-order valence-electron chi connectivity index (χ2n) is 6.33. The third-order valence-corrected chi connectivity index (χ3v) is 4.23. The maximum absolute atomic E-state index is 12.5. The molecule has 0 heterocycles. The number of benzene rings is 2. The van der Waals surface area contributed by atoms with Crippen LogP contribution in [0.4, 0.5) is 0 Å². The zero-order chi connectivity index (χ0) is 18.9. The summed E-state index contributed by atoms with van der Waals surface area (Å²) in [4.78, 5) is 26.1. The lowest BCUT2D eigenvalue weighted by molar-refractivity contribution is -0.129. The Labute approximate surface area is 155 Å². The summed E-state index contributed by atoms with van der Waals surface area (Å²) in [7, 11) is 5.05. The van der Waals surface area contributed by atoms with Crippen molar-refractivity contribution in [1.82, 2.24) is 10.2 Å². The molecule has 1 unspecified atom stereocenters. The van der Waals surface area contributed by atoms with E-state index in [0.29, 0.717) is 12.8 Å². The van der Waals surface area contributed by atoms with Crippen molar-refractivity contribution in [3.05, 3.63) is 65.7 Å². The molecule has 1 N–H and O–H groups in total. The average Bonchev–Trinajstić information content (AvgIpc) is 2.66. The number of carbonyl (C=O) groups is 2. The molecule has 0 aromatic heterocycles. The molecule has 1 atom stereocenters. The number of rotatable bonds is 8. The van der Waals surface area contributed by atoms with Crippen LogP contribution in [0.15, 0.2) is 54.6 Å². The number of amides is 2. The minimum absolute atomic E-state index is 0.0242. The molecule has 5 heteroatoms. The van der Waals surface area contributed by atoms with Crippen LogP contribution in [0.25, 0.3) is 0 Å². The van der Waals surface area contributed by atoms with Crippen molar-refractivity contribution in [2.24, 2.45) is 0 Å². The first kappa shape index (κ1) is 19.5. The van der Waals surface area contributed by atoms with Crippen LogP contribution in [-0.4, -0.2) is 37.9 Å². The second-order valence-corrected chi connectivity index (χ2v) is 6.33. The number of para-hydroxylation sites is 1. The predicted octanol–water partition coefficient (Wildman–Crippen LogP) is 2.96. The molecule has 0 radical (unpaired) electrons. The smallest absolute Gasteiger partial charge is 0.224 e. The van der Waals surface area contributed by atoms with E-state index in [1.54, 1.807) is 21.2 Å². The molecular formula is C21H26N2O3. The summed E-state index contributed by atoms with van der Waals surface area (Å²) in [5, 5.41) is 3.00. The van der Waals surface area contributed by atoms with Crippen molar-refractivity contribution < 1.29 is 14.3 Å². The van der Waals surface area contributed by atoms with Crippen LogP contribution in [0.3, 0.4) is 0 Å². The maximum Gasteiger partial charge on any atom is 0.224 e. The minimum Gasteiger partial charge on any atom is -0.496 e. The Hall–Kier alpha value is -2.82. The van der Waals surface area contributed by atoms with Gasteiger partial charge in [0.2, 0.25) is 11.8 Å². The summed E-state index contributed by atoms with van der Waals surface area (Å²) in [6, 6.07) is 16.9. The van der Waals surface area contributed by atoms with E-state index in [1.165, 1.54) is 4.90 Å². The Morgan fingerprint density at radius 2 is 1.69 bits per heavy atom. The van der Waals surface area contributed by atoms with E-state index in [4.69, 9.17) is 4.74 Å². The van der Waals surface area contributed by atoms with Crippen molar-refractivity contribution in [3.8, 4) is 5.75 Å². The zero-order valence-corrected chi connectivity index (χ0v) is 15.6. The van der Waals surface area contributed by atoms with Crippen LogP contribution in [0.5, 0.6) is 5.75 Å². The summed E-state index contributed by atoms with van der Waals surface area (Å²) in [5.74, 6) is 0.669. The van der Waals surface area contributed by atoms with Gasteiger partial charge in [0.15, 0.2) is 0 Å². The summed E-state index contributed by atoms with van der Waals surface area (Å²) >= 11 is 0. The van der Waals surface area contributed by atoms with Gasteiger partial charge in [-0.3, -0.25) is 9.59 Å². The van der Waals surface area contributed by atoms with Gasteiger partial charge in [0.05, 0.1) is 19.6 Å². The Morgan fingerprint density at radius 1 is 1.04 bits per heavy atom. The summed E-state index contributed by atoms with van der Waals surface area (Å²) in [6.07, 6.45) is 1.15. The highest BCUT2D eigenvalue weighted by Gasteiger charge is 2.19. The van der Waals surface area contributed by atoms with Crippen LogP contribution in [-0.2, 0) is 16.0 Å². The maximum atomic E-state index is 12.5. The molecule has 0 bridgehead atoms. The first-order valence-electron chi connectivity index (χ1n) is 8.67. The van der Waals surface area contributed by atoms with E-state index in [0.717, 1.165) is 16.9 Å². The fourth-order valence-electron chi connectivity index (χ4n) is 2.72. The fraction of sp³-hybridized carbons (Fsp3) is 0.333. The number of aryl methyl sites for hydroxylation is 1. The fourth-order valence-corrected chi connectivity index (χ4v) is 2.72. The van der Waals surface area contributed by atoms with Gasteiger partial charge in [0, 0.05) is 20.5 Å². The SMILES string of the molecule is COc1ccccc1CCC(=O)NC(CC(=O)N(C)C)c1ccccc1. The number of methoxy groups -OCH3 is 1. The standard InChI is InChI=1S/C21H26N2O3/c1-23(2)21(25)15-18(16-9-5-4-6-10-16)22-20(24)14-13-17-11-7-8-12-19(17)26-3/h4-12,18H,13-15H2,1-3H3,(H,22,24). The Bertz CT molecular complexity index is 729. The van der Waals surface area contributed by atoms with E-state index >= 15 is 0 Å². The van der Waals surface area contributed by atoms with Gasteiger partial charge < -0.3 is 15.0 Å². The molecule has 0 saturated heterocycles. The first-order chi connectivity index (χ1) is 12.5. The highest BCUT2D eigenvalue weighted by molar-refractivity contribution is 5.80. The van der Waals surface area contributed by atoms with E-state index in [9.17, 15) is 9.59 Å². The molecule has 138 valence electrons. The highest BCUT2D eigenvalue weighted by Crippen LogP contribution is 2.20. The molecule has 5 nitrogen and oxygen atoms in total. The summed E-state index contributed by atoms with van der Waals surface area (Å²) in [5.41, 5.74) is 1.92. The number of ether oxygens (including phenoxy) is 1. The van der Waals surface area contributed by atoms with Crippen molar-refractivity contribution in [3.63, 3.8) is 0 Å². The van der Waals surface area contributed by atoms with Crippen LogP contribution in [0.1, 0.15) is 30.0 Å². The topological polar surface area (TPSA) is 58.6 Å². The van der Waals surface area contributed by atoms with Crippen LogP contribution >= 0.6 is 0 Å². The van der Waals surface area contributed by atoms with Gasteiger partial charge in [0.1, 0.15) is 5.75 Å². The molecule has 0 aliphatic heterocycles. The van der Waals surface area contributed by atoms with Gasteiger partial charge >= 0.3 is 0 Å². The van der Waals surface area contributed by atoms with Crippen LogP contribution in [0, 0.1) is 0 Å². The molecule has 0 spiro atoms. The van der Waals surface area contributed by atoms with E-state index in [2.05, 4.69) is 5.32 Å². The monoisotopic (exact) mass is 354 g/mol. The third kappa shape index (κ3) is 5.62. The molecule has 0 saturated carbocycles. The van der Waals surface area contributed by atoms with Crippen molar-refractivity contribution in [2.45, 2.75) is 25.3 Å². The Balaban J connectivity index is 2.02. The van der Waals surface area contributed by atoms with Crippen molar-refractivity contribution in [2.75, 3.05) is 21.2 Å². The Morgan fingerprint density at radius 3 is 2.35 bits per heavy atom. The third-order valence-electron chi connectivity index (χ3n) is 4.23. The number of nitrogens with zero attached hydrogens (tertiary/aromatic N) is 1. The molecule has 2 aromatic carbocycles. The minimum atomic E-state index is -0.337. The van der Waals surface area contributed by atoms with Gasteiger partial charge in [-0.2, -0.15) is 0 Å². The van der Waals surface area contributed by atoms with Crippen LogP contribution < -0.4 is 10.1 Å². The van der Waals surface area contributed by atoms with Crippen molar-refractivity contribution >= 4 is 11.8 Å². The molecule has 0 fully saturated rings. The molecule has 2 amide bonds. The average molecular weight is 354 g/mol. The lowest BCUT2D eigenvalue weighted by Gasteiger charge is -2.21. The van der Waals surface area contributed by atoms with E-state index < -0.39 is 0 Å². The molecule has 2 rings (SSSR count). The van der Waals surface area contributed by atoms with Crippen LogP contribution in [0.2, 0.25) is 0 Å². The molecule has 0 aliphatic carbocycles. The summed E-state index contributed by atoms with van der Waals surface area (Å²) in [6.45, 7) is 0. The largest absolute Gasteiger partial charge is 0.496 e. The quantitative estimate of drug-likeness (QED) is 0.793. The lowest BCUT2D eigenvalue weighted by Crippen LogP contribution is -2.33. The van der Waals surface area contributed by atoms with Gasteiger partial charge in [-0.1, -0.05) is 48.5 Å². The second kappa shape index (κ2) is 9.61. The number of hydrogen-bond acceptors (Lipinski definition) is 3. The normalized spacial score (nSPS) is 11.5. The van der Waals surface area contributed by atoms with Crippen molar-refractivity contribution in [1.29, 1.82) is 0 Å². The lowest BCUT2D eigenvalue weighted by atomic mass is 10.0. The zero-order valence-electron chi connectivity index (χ0n) is 15.6. The molecule has 0 aliphatic rings. The first-order valence-corrected chi connectivity index (χ1v) is 8.67. The van der Waals surface area contributed by atoms with Gasteiger partial charge in [-0.05, 0) is 23.6 Å². The number of hydrogen-bond donors (Lipinski definition) is 1. The van der Waals surface area contributed by atoms with Gasteiger partial charge in [-0.15, -0.1) is 0 Å². The van der Waals surface area contributed by atoms with E-state index in [1.807, 2.05) is 54.6 Å². The molecular weight excluding hydrogens is 328 g/mol. The predicted molar refractivity (Wildman–Crippen MR) is 102 cm³/mol. The molecule has 2 aromatic rings. The van der Waals surface area contributed by atoms with E-state index in [-0.39, 0.29) is 24.3 Å². The van der Waals surface area contributed by atoms with Gasteiger partial charge in [-0.25, -0.2) is 0 Å². The summed E-state index contributed by atoms with van der Waals surface area (Å²) < 4.78 is 5.33. The Kier molecular flexibility index (Phi) is 7.21. The van der Waals surface area contributed by atoms with Gasteiger partial charge in [0.25, 0.3) is 0 Å².